The second-order valence-electron chi connectivity index (χ2n) is 7.99. The molecule has 3 heterocycles. The van der Waals surface area contributed by atoms with Crippen LogP contribution in [0.5, 0.6) is 0 Å². The third-order valence-electron chi connectivity index (χ3n) is 6.02. The number of nitrogens with one attached hydrogen (secondary N) is 1. The SMILES string of the molecule is CCN1CCN(c2cc3c(N[C@H](C)c4cccc(C)c4F)nnc(C)c3cn2)CC1. The first-order valence-electron chi connectivity index (χ1n) is 10.6. The van der Waals surface area contributed by atoms with Crippen LogP contribution in [-0.2, 0) is 0 Å². The fourth-order valence-electron chi connectivity index (χ4n) is 4.02. The average molecular weight is 409 g/mol. The summed E-state index contributed by atoms with van der Waals surface area (Å²) in [6.45, 7) is 12.9. The van der Waals surface area contributed by atoms with Crippen molar-refractivity contribution >= 4 is 22.4 Å². The number of hydrogen-bond acceptors (Lipinski definition) is 6. The molecule has 1 fully saturated rings. The van der Waals surface area contributed by atoms with Gasteiger partial charge in [0.1, 0.15) is 11.6 Å². The molecule has 4 rings (SSSR count). The zero-order valence-corrected chi connectivity index (χ0v) is 18.1. The van der Waals surface area contributed by atoms with Gasteiger partial charge in [0.2, 0.25) is 0 Å². The van der Waals surface area contributed by atoms with Crippen molar-refractivity contribution in [2.24, 2.45) is 0 Å². The lowest BCUT2D eigenvalue weighted by atomic mass is 10.0. The molecule has 0 aliphatic carbocycles. The van der Waals surface area contributed by atoms with Gasteiger partial charge in [-0.05, 0) is 38.9 Å². The first kappa shape index (κ1) is 20.5. The van der Waals surface area contributed by atoms with Crippen LogP contribution in [0.2, 0.25) is 0 Å². The summed E-state index contributed by atoms with van der Waals surface area (Å²) in [7, 11) is 0. The van der Waals surface area contributed by atoms with E-state index in [0.717, 1.165) is 55.0 Å². The zero-order chi connectivity index (χ0) is 21.3. The van der Waals surface area contributed by atoms with Gasteiger partial charge in [-0.25, -0.2) is 9.37 Å². The van der Waals surface area contributed by atoms with Gasteiger partial charge < -0.3 is 15.1 Å². The van der Waals surface area contributed by atoms with Crippen LogP contribution in [-0.4, -0.2) is 52.8 Å². The summed E-state index contributed by atoms with van der Waals surface area (Å²) < 4.78 is 14.6. The number of pyridine rings is 1. The summed E-state index contributed by atoms with van der Waals surface area (Å²) in [5.41, 5.74) is 2.09. The van der Waals surface area contributed by atoms with Gasteiger partial charge in [-0.1, -0.05) is 25.1 Å². The number of hydrogen-bond donors (Lipinski definition) is 1. The van der Waals surface area contributed by atoms with E-state index in [9.17, 15) is 4.39 Å². The largest absolute Gasteiger partial charge is 0.361 e. The molecule has 1 aliphatic heterocycles. The van der Waals surface area contributed by atoms with E-state index >= 15 is 0 Å². The molecule has 7 heteroatoms. The highest BCUT2D eigenvalue weighted by Crippen LogP contribution is 2.30. The Morgan fingerprint density at radius 2 is 1.87 bits per heavy atom. The minimum absolute atomic E-state index is 0.182. The lowest BCUT2D eigenvalue weighted by Crippen LogP contribution is -2.46. The van der Waals surface area contributed by atoms with Gasteiger partial charge in [0.15, 0.2) is 5.82 Å². The molecule has 158 valence electrons. The molecule has 3 aromatic rings. The number of halogens is 1. The molecule has 6 nitrogen and oxygen atoms in total. The molecule has 1 N–H and O–H groups in total. The van der Waals surface area contributed by atoms with E-state index in [2.05, 4.69) is 38.3 Å². The van der Waals surface area contributed by atoms with E-state index < -0.39 is 0 Å². The van der Waals surface area contributed by atoms with Crippen LogP contribution in [0.25, 0.3) is 10.8 Å². The lowest BCUT2D eigenvalue weighted by Gasteiger charge is -2.34. The Morgan fingerprint density at radius 1 is 1.10 bits per heavy atom. The van der Waals surface area contributed by atoms with Crippen LogP contribution in [0.15, 0.2) is 30.5 Å². The normalized spacial score (nSPS) is 16.1. The fourth-order valence-corrected chi connectivity index (χ4v) is 4.02. The Kier molecular flexibility index (Phi) is 5.81. The summed E-state index contributed by atoms with van der Waals surface area (Å²) in [6, 6.07) is 7.31. The van der Waals surface area contributed by atoms with Crippen LogP contribution >= 0.6 is 0 Å². The Balaban J connectivity index is 1.66. The highest BCUT2D eigenvalue weighted by Gasteiger charge is 2.19. The maximum absolute atomic E-state index is 14.6. The summed E-state index contributed by atoms with van der Waals surface area (Å²) in [6.07, 6.45) is 1.88. The molecule has 0 unspecified atom stereocenters. The monoisotopic (exact) mass is 408 g/mol. The number of benzene rings is 1. The summed E-state index contributed by atoms with van der Waals surface area (Å²) in [5, 5.41) is 14.0. The predicted molar refractivity (Wildman–Crippen MR) is 120 cm³/mol. The quantitative estimate of drug-likeness (QED) is 0.686. The number of fused-ring (bicyclic) bond motifs is 1. The topological polar surface area (TPSA) is 57.2 Å². The van der Waals surface area contributed by atoms with Gasteiger partial charge in [-0.2, -0.15) is 5.10 Å². The number of anilines is 2. The second kappa shape index (κ2) is 8.52. The van der Waals surface area contributed by atoms with Crippen molar-refractivity contribution < 1.29 is 4.39 Å². The molecule has 1 saturated heterocycles. The van der Waals surface area contributed by atoms with Crippen molar-refractivity contribution in [3.05, 3.63) is 53.1 Å². The number of piperazine rings is 1. The van der Waals surface area contributed by atoms with Crippen molar-refractivity contribution in [3.63, 3.8) is 0 Å². The fraction of sp³-hybridized carbons (Fsp3) is 0.435. The lowest BCUT2D eigenvalue weighted by molar-refractivity contribution is 0.270. The van der Waals surface area contributed by atoms with Crippen LogP contribution < -0.4 is 10.2 Å². The van der Waals surface area contributed by atoms with Crippen LogP contribution in [0.1, 0.15) is 36.7 Å². The van der Waals surface area contributed by atoms with Gasteiger partial charge in [-0.15, -0.1) is 5.10 Å². The van der Waals surface area contributed by atoms with E-state index in [1.165, 1.54) is 0 Å². The maximum atomic E-state index is 14.6. The summed E-state index contributed by atoms with van der Waals surface area (Å²) in [5.74, 6) is 1.42. The molecular weight excluding hydrogens is 379 g/mol. The molecular formula is C23H29FN6. The minimum Gasteiger partial charge on any atom is -0.361 e. The first-order chi connectivity index (χ1) is 14.5. The smallest absolute Gasteiger partial charge is 0.157 e. The second-order valence-corrected chi connectivity index (χ2v) is 7.99. The molecule has 1 aromatic carbocycles. The van der Waals surface area contributed by atoms with Crippen LogP contribution in [0.4, 0.5) is 16.0 Å². The van der Waals surface area contributed by atoms with Crippen molar-refractivity contribution in [3.8, 4) is 0 Å². The van der Waals surface area contributed by atoms with E-state index in [-0.39, 0.29) is 11.9 Å². The van der Waals surface area contributed by atoms with E-state index in [4.69, 9.17) is 4.98 Å². The Hall–Kier alpha value is -2.80. The number of aryl methyl sites for hydroxylation is 2. The summed E-state index contributed by atoms with van der Waals surface area (Å²) in [4.78, 5) is 9.46. The van der Waals surface area contributed by atoms with Gasteiger partial charge in [0.05, 0.1) is 11.7 Å². The van der Waals surface area contributed by atoms with Gasteiger partial charge in [0.25, 0.3) is 0 Å². The number of aromatic nitrogens is 3. The van der Waals surface area contributed by atoms with E-state index in [1.807, 2.05) is 32.2 Å². The number of likely N-dealkylation sites (N-methyl/N-ethyl adjacent to an activating group) is 1. The summed E-state index contributed by atoms with van der Waals surface area (Å²) >= 11 is 0. The van der Waals surface area contributed by atoms with Crippen molar-refractivity contribution in [2.45, 2.75) is 33.7 Å². The van der Waals surface area contributed by atoms with Crippen molar-refractivity contribution in [1.29, 1.82) is 0 Å². The van der Waals surface area contributed by atoms with Gasteiger partial charge in [0, 0.05) is 48.7 Å². The highest BCUT2D eigenvalue weighted by atomic mass is 19.1. The standard InChI is InChI=1S/C23H29FN6/c1-5-29-9-11-30(12-10-29)21-13-19-20(14-25-21)17(4)27-28-23(19)26-16(3)18-8-6-7-15(2)22(18)24/h6-8,13-14,16H,5,9-12H2,1-4H3,(H,26,28)/t16-/m1/s1. The molecule has 1 aliphatic rings. The molecule has 0 bridgehead atoms. The Labute approximate surface area is 177 Å². The van der Waals surface area contributed by atoms with Crippen molar-refractivity contribution in [2.75, 3.05) is 42.9 Å². The molecule has 30 heavy (non-hydrogen) atoms. The maximum Gasteiger partial charge on any atom is 0.157 e. The number of nitrogens with zero attached hydrogens (tertiary/aromatic N) is 5. The molecule has 0 radical (unpaired) electrons. The third-order valence-corrected chi connectivity index (χ3v) is 6.02. The van der Waals surface area contributed by atoms with Crippen LogP contribution in [0, 0.1) is 19.7 Å². The number of rotatable bonds is 5. The zero-order valence-electron chi connectivity index (χ0n) is 18.1. The van der Waals surface area contributed by atoms with Crippen molar-refractivity contribution in [1.82, 2.24) is 20.1 Å². The predicted octanol–water partition coefficient (Wildman–Crippen LogP) is 4.10. The van der Waals surface area contributed by atoms with E-state index in [1.54, 1.807) is 13.0 Å². The minimum atomic E-state index is -0.241. The third kappa shape index (κ3) is 3.94. The van der Waals surface area contributed by atoms with Crippen LogP contribution in [0.3, 0.4) is 0 Å². The average Bonchev–Trinajstić information content (AvgIpc) is 2.77. The molecule has 2 aromatic heterocycles. The highest BCUT2D eigenvalue weighted by molar-refractivity contribution is 5.94. The Bertz CT molecular complexity index is 1050. The molecule has 1 atom stereocenters. The Morgan fingerprint density at radius 3 is 2.60 bits per heavy atom. The van der Waals surface area contributed by atoms with Gasteiger partial charge in [-0.3, -0.25) is 0 Å². The van der Waals surface area contributed by atoms with Gasteiger partial charge >= 0.3 is 0 Å². The molecule has 0 spiro atoms. The van der Waals surface area contributed by atoms with E-state index in [0.29, 0.717) is 16.9 Å². The molecule has 0 amide bonds. The molecule has 0 saturated carbocycles. The first-order valence-corrected chi connectivity index (χ1v) is 10.6.